The monoisotopic (exact) mass is 332 g/mol. The van der Waals surface area contributed by atoms with E-state index in [0.717, 1.165) is 61.8 Å². The van der Waals surface area contributed by atoms with Crippen LogP contribution in [0, 0.1) is 26.2 Å². The minimum atomic E-state index is 0.0366. The molecule has 1 atom stereocenters. The van der Waals surface area contributed by atoms with E-state index in [2.05, 4.69) is 16.8 Å². The fraction of sp³-hybridized carbons (Fsp3) is 0.722. The summed E-state index contributed by atoms with van der Waals surface area (Å²) >= 11 is 0. The van der Waals surface area contributed by atoms with E-state index in [4.69, 9.17) is 4.98 Å². The Morgan fingerprint density at radius 3 is 2.71 bits per heavy atom. The molecule has 0 saturated carbocycles. The highest BCUT2D eigenvalue weighted by Crippen LogP contribution is 2.40. The molecule has 0 radical (unpaired) electrons. The molecule has 2 fully saturated rings. The maximum Gasteiger partial charge on any atom is 0.222 e. The fourth-order valence-electron chi connectivity index (χ4n) is 4.21. The first-order valence-electron chi connectivity index (χ1n) is 8.89. The van der Waals surface area contributed by atoms with Crippen molar-refractivity contribution in [2.45, 2.75) is 46.5 Å². The summed E-state index contributed by atoms with van der Waals surface area (Å²) in [6.07, 6.45) is 3.78. The minimum Gasteiger partial charge on any atom is -0.395 e. The van der Waals surface area contributed by atoms with Gasteiger partial charge >= 0.3 is 0 Å². The van der Waals surface area contributed by atoms with Crippen LogP contribution in [0.2, 0.25) is 0 Å². The number of anilines is 1. The van der Waals surface area contributed by atoms with E-state index in [0.29, 0.717) is 13.0 Å². The van der Waals surface area contributed by atoms with Gasteiger partial charge in [-0.15, -0.1) is 0 Å². The SMILES string of the molecule is Cc1nc(C)c(C)c(N2CCC[C@@]3(CCC(=O)N(CCO)C3)C2)n1. The summed E-state index contributed by atoms with van der Waals surface area (Å²) in [5, 5.41) is 9.23. The Labute approximate surface area is 143 Å². The summed E-state index contributed by atoms with van der Waals surface area (Å²) in [5.74, 6) is 2.04. The molecule has 1 spiro atoms. The highest BCUT2D eigenvalue weighted by Gasteiger charge is 2.42. The van der Waals surface area contributed by atoms with Crippen molar-refractivity contribution in [3.05, 3.63) is 17.1 Å². The largest absolute Gasteiger partial charge is 0.395 e. The van der Waals surface area contributed by atoms with Crippen LogP contribution in [0.1, 0.15) is 42.8 Å². The van der Waals surface area contributed by atoms with Gasteiger partial charge in [-0.05, 0) is 40.0 Å². The summed E-state index contributed by atoms with van der Waals surface area (Å²) in [6.45, 7) is 9.25. The third-order valence-electron chi connectivity index (χ3n) is 5.55. The first-order valence-corrected chi connectivity index (χ1v) is 8.89. The normalized spacial score (nSPS) is 24.8. The Kier molecular flexibility index (Phi) is 4.76. The average Bonchev–Trinajstić information content (AvgIpc) is 2.55. The molecule has 1 aromatic heterocycles. The quantitative estimate of drug-likeness (QED) is 0.910. The second-order valence-electron chi connectivity index (χ2n) is 7.37. The van der Waals surface area contributed by atoms with Crippen molar-refractivity contribution in [2.24, 2.45) is 5.41 Å². The lowest BCUT2D eigenvalue weighted by Gasteiger charge is -2.48. The second kappa shape index (κ2) is 6.67. The van der Waals surface area contributed by atoms with Crippen LogP contribution in [0.5, 0.6) is 0 Å². The highest BCUT2D eigenvalue weighted by atomic mass is 16.3. The maximum atomic E-state index is 12.1. The van der Waals surface area contributed by atoms with Crippen LogP contribution in [0.15, 0.2) is 0 Å². The zero-order chi connectivity index (χ0) is 17.3. The molecule has 3 rings (SSSR count). The van der Waals surface area contributed by atoms with Crippen molar-refractivity contribution in [1.82, 2.24) is 14.9 Å². The summed E-state index contributed by atoms with van der Waals surface area (Å²) in [7, 11) is 0. The number of likely N-dealkylation sites (tertiary alicyclic amines) is 1. The van der Waals surface area contributed by atoms with Crippen LogP contribution in [0.3, 0.4) is 0 Å². The van der Waals surface area contributed by atoms with Gasteiger partial charge in [-0.1, -0.05) is 0 Å². The number of hydrogen-bond acceptors (Lipinski definition) is 5. The Morgan fingerprint density at radius 2 is 1.96 bits per heavy atom. The van der Waals surface area contributed by atoms with Crippen molar-refractivity contribution in [3.8, 4) is 0 Å². The lowest BCUT2D eigenvalue weighted by atomic mass is 9.73. The Hall–Kier alpha value is -1.69. The number of hydrogen-bond donors (Lipinski definition) is 1. The number of nitrogens with zero attached hydrogens (tertiary/aromatic N) is 4. The van der Waals surface area contributed by atoms with Gasteiger partial charge in [-0.25, -0.2) is 9.97 Å². The smallest absolute Gasteiger partial charge is 0.222 e. The first kappa shape index (κ1) is 17.1. The highest BCUT2D eigenvalue weighted by molar-refractivity contribution is 5.77. The zero-order valence-corrected chi connectivity index (χ0v) is 15.0. The number of aryl methyl sites for hydroxylation is 2. The molecule has 1 N–H and O–H groups in total. The first-order chi connectivity index (χ1) is 11.4. The fourth-order valence-corrected chi connectivity index (χ4v) is 4.21. The average molecular weight is 332 g/mol. The molecular weight excluding hydrogens is 304 g/mol. The number of amides is 1. The minimum absolute atomic E-state index is 0.0366. The number of carbonyl (C=O) groups is 1. The van der Waals surface area contributed by atoms with Gasteiger partial charge in [-0.3, -0.25) is 4.79 Å². The molecule has 2 aliphatic heterocycles. The van der Waals surface area contributed by atoms with Gasteiger partial charge in [0.1, 0.15) is 11.6 Å². The van der Waals surface area contributed by atoms with E-state index in [-0.39, 0.29) is 17.9 Å². The zero-order valence-electron chi connectivity index (χ0n) is 15.0. The summed E-state index contributed by atoms with van der Waals surface area (Å²) < 4.78 is 0. The van der Waals surface area contributed by atoms with Crippen LogP contribution < -0.4 is 4.90 Å². The van der Waals surface area contributed by atoms with Crippen molar-refractivity contribution in [3.63, 3.8) is 0 Å². The van der Waals surface area contributed by atoms with Crippen molar-refractivity contribution in [1.29, 1.82) is 0 Å². The number of carbonyl (C=O) groups excluding carboxylic acids is 1. The molecule has 0 bridgehead atoms. The van der Waals surface area contributed by atoms with Crippen molar-refractivity contribution in [2.75, 3.05) is 37.7 Å². The molecule has 24 heavy (non-hydrogen) atoms. The summed E-state index contributed by atoms with van der Waals surface area (Å²) in [4.78, 5) is 25.5. The number of aliphatic hydroxyl groups excluding tert-OH is 1. The number of aliphatic hydroxyl groups is 1. The van der Waals surface area contributed by atoms with E-state index < -0.39 is 0 Å². The van der Waals surface area contributed by atoms with Crippen molar-refractivity contribution < 1.29 is 9.90 Å². The van der Waals surface area contributed by atoms with Gasteiger partial charge in [0, 0.05) is 49.3 Å². The molecule has 2 aliphatic rings. The molecule has 3 heterocycles. The Bertz CT molecular complexity index is 634. The number of β-amino-alcohol motifs (C(OH)–C–C–N with tert-alkyl or cyclic N) is 1. The molecule has 1 aromatic rings. The Balaban J connectivity index is 1.83. The van der Waals surface area contributed by atoms with Gasteiger partial charge in [-0.2, -0.15) is 0 Å². The van der Waals surface area contributed by atoms with E-state index in [1.807, 2.05) is 18.7 Å². The molecule has 0 aromatic carbocycles. The number of aromatic nitrogens is 2. The third-order valence-corrected chi connectivity index (χ3v) is 5.55. The molecular formula is C18H28N4O2. The van der Waals surface area contributed by atoms with E-state index in [9.17, 15) is 9.90 Å². The number of rotatable bonds is 3. The van der Waals surface area contributed by atoms with E-state index >= 15 is 0 Å². The van der Waals surface area contributed by atoms with Crippen LogP contribution in [0.25, 0.3) is 0 Å². The predicted molar refractivity (Wildman–Crippen MR) is 93.0 cm³/mol. The lowest BCUT2D eigenvalue weighted by Crippen LogP contribution is -2.54. The summed E-state index contributed by atoms with van der Waals surface area (Å²) in [5.41, 5.74) is 2.31. The van der Waals surface area contributed by atoms with Crippen LogP contribution in [-0.2, 0) is 4.79 Å². The Morgan fingerprint density at radius 1 is 1.17 bits per heavy atom. The molecule has 132 valence electrons. The molecule has 6 heteroatoms. The standard InChI is InChI=1S/C18H28N4O2/c1-13-14(2)19-15(3)20-17(13)22-8-4-6-18(12-22)7-5-16(24)21(11-18)9-10-23/h23H,4-12H2,1-3H3/t18-/m0/s1. The van der Waals surface area contributed by atoms with Gasteiger partial charge in [0.2, 0.25) is 5.91 Å². The number of piperidine rings is 2. The van der Waals surface area contributed by atoms with Crippen LogP contribution in [-0.4, -0.2) is 58.7 Å². The molecule has 6 nitrogen and oxygen atoms in total. The topological polar surface area (TPSA) is 69.6 Å². The van der Waals surface area contributed by atoms with Gasteiger partial charge < -0.3 is 14.9 Å². The van der Waals surface area contributed by atoms with Crippen LogP contribution in [0.4, 0.5) is 5.82 Å². The van der Waals surface area contributed by atoms with Gasteiger partial charge in [0.15, 0.2) is 0 Å². The van der Waals surface area contributed by atoms with Gasteiger partial charge in [0.25, 0.3) is 0 Å². The summed E-state index contributed by atoms with van der Waals surface area (Å²) in [6, 6.07) is 0. The molecule has 2 saturated heterocycles. The van der Waals surface area contributed by atoms with E-state index in [1.165, 1.54) is 0 Å². The third kappa shape index (κ3) is 3.24. The molecule has 0 unspecified atom stereocenters. The van der Waals surface area contributed by atoms with Crippen LogP contribution >= 0.6 is 0 Å². The molecule has 0 aliphatic carbocycles. The second-order valence-corrected chi connectivity index (χ2v) is 7.37. The maximum absolute atomic E-state index is 12.1. The lowest BCUT2D eigenvalue weighted by molar-refractivity contribution is -0.138. The van der Waals surface area contributed by atoms with E-state index in [1.54, 1.807) is 0 Å². The van der Waals surface area contributed by atoms with Gasteiger partial charge in [0.05, 0.1) is 6.61 Å². The predicted octanol–water partition coefficient (Wildman–Crippen LogP) is 1.60. The molecule has 1 amide bonds. The van der Waals surface area contributed by atoms with Crippen molar-refractivity contribution >= 4 is 11.7 Å².